The van der Waals surface area contributed by atoms with Crippen molar-refractivity contribution in [1.82, 2.24) is 4.90 Å². The molecule has 0 spiro atoms. The first-order valence-electron chi connectivity index (χ1n) is 6.10. The molecule has 1 aliphatic heterocycles. The number of carbonyl (C=O) groups is 1. The maximum atomic E-state index is 13.0. The van der Waals surface area contributed by atoms with Crippen molar-refractivity contribution in [2.75, 3.05) is 25.0 Å². The van der Waals surface area contributed by atoms with Crippen molar-refractivity contribution >= 4 is 34.2 Å². The molecule has 0 radical (unpaired) electrons. The van der Waals surface area contributed by atoms with Crippen molar-refractivity contribution in [2.45, 2.75) is 18.8 Å². The Labute approximate surface area is 124 Å². The monoisotopic (exact) mass is 380 g/mol. The number of amides is 1. The maximum Gasteiger partial charge on any atom is 0.250 e. The normalized spacial score (nSPS) is 19.1. The first-order valence-corrected chi connectivity index (χ1v) is 7.18. The summed E-state index contributed by atoms with van der Waals surface area (Å²) in [6.45, 7) is 0.709. The molecule has 19 heavy (non-hydrogen) atoms. The van der Waals surface area contributed by atoms with Crippen molar-refractivity contribution in [1.29, 1.82) is 0 Å². The van der Waals surface area contributed by atoms with E-state index in [9.17, 15) is 13.6 Å². The SMILES string of the molecule is O=C(CN1CCC(F)(F)CC1)Nc1cccc(I)c1. The second kappa shape index (κ2) is 6.13. The van der Waals surface area contributed by atoms with Crippen molar-refractivity contribution in [2.24, 2.45) is 0 Å². The molecule has 3 nitrogen and oxygen atoms in total. The number of benzene rings is 1. The molecule has 1 amide bonds. The van der Waals surface area contributed by atoms with Gasteiger partial charge in [0.15, 0.2) is 0 Å². The molecule has 1 aromatic carbocycles. The van der Waals surface area contributed by atoms with Crippen LogP contribution in [-0.2, 0) is 4.79 Å². The van der Waals surface area contributed by atoms with Crippen molar-refractivity contribution < 1.29 is 13.6 Å². The lowest BCUT2D eigenvalue weighted by atomic mass is 10.1. The van der Waals surface area contributed by atoms with Crippen LogP contribution in [0.3, 0.4) is 0 Å². The Morgan fingerprint density at radius 2 is 2.05 bits per heavy atom. The highest BCUT2D eigenvalue weighted by molar-refractivity contribution is 14.1. The molecule has 6 heteroatoms. The third-order valence-electron chi connectivity index (χ3n) is 3.06. The summed E-state index contributed by atoms with van der Waals surface area (Å²) in [4.78, 5) is 13.6. The van der Waals surface area contributed by atoms with E-state index in [2.05, 4.69) is 27.9 Å². The molecule has 1 aromatic rings. The summed E-state index contributed by atoms with van der Waals surface area (Å²) in [5, 5.41) is 2.78. The predicted molar refractivity (Wildman–Crippen MR) is 78.4 cm³/mol. The number of carbonyl (C=O) groups excluding carboxylic acids is 1. The number of nitrogens with one attached hydrogen (secondary N) is 1. The third-order valence-corrected chi connectivity index (χ3v) is 3.73. The predicted octanol–water partition coefficient (Wildman–Crippen LogP) is 2.96. The van der Waals surface area contributed by atoms with E-state index in [-0.39, 0.29) is 38.4 Å². The molecule has 1 fully saturated rings. The zero-order chi connectivity index (χ0) is 13.9. The highest BCUT2D eigenvalue weighted by Crippen LogP contribution is 2.27. The van der Waals surface area contributed by atoms with Gasteiger partial charge in [-0.1, -0.05) is 6.07 Å². The highest BCUT2D eigenvalue weighted by Gasteiger charge is 2.34. The Hall–Kier alpha value is -0.760. The summed E-state index contributed by atoms with van der Waals surface area (Å²) >= 11 is 2.17. The van der Waals surface area contributed by atoms with Crippen LogP contribution in [0.2, 0.25) is 0 Å². The van der Waals surface area contributed by atoms with Crippen LogP contribution in [0.15, 0.2) is 24.3 Å². The summed E-state index contributed by atoms with van der Waals surface area (Å²) in [6.07, 6.45) is -0.326. The highest BCUT2D eigenvalue weighted by atomic mass is 127. The van der Waals surface area contributed by atoms with Crippen LogP contribution in [0.4, 0.5) is 14.5 Å². The number of halogens is 3. The molecule has 0 saturated carbocycles. The molecule has 0 bridgehead atoms. The van der Waals surface area contributed by atoms with Gasteiger partial charge in [0.2, 0.25) is 5.91 Å². The van der Waals surface area contributed by atoms with Crippen LogP contribution in [-0.4, -0.2) is 36.4 Å². The number of anilines is 1. The molecular formula is C13H15F2IN2O. The molecule has 0 atom stereocenters. The average molecular weight is 380 g/mol. The van der Waals surface area contributed by atoms with Crippen LogP contribution in [0.25, 0.3) is 0 Å². The van der Waals surface area contributed by atoms with E-state index in [1.54, 1.807) is 4.90 Å². The zero-order valence-corrected chi connectivity index (χ0v) is 12.5. The summed E-state index contributed by atoms with van der Waals surface area (Å²) in [5.74, 6) is -2.73. The standard InChI is InChI=1S/C13H15F2IN2O/c14-13(15)4-6-18(7-5-13)9-12(19)17-11-3-1-2-10(16)8-11/h1-3,8H,4-7,9H2,(H,17,19). The first-order chi connectivity index (χ1) is 8.94. The van der Waals surface area contributed by atoms with Gasteiger partial charge in [-0.25, -0.2) is 8.78 Å². The van der Waals surface area contributed by atoms with Crippen LogP contribution in [0.1, 0.15) is 12.8 Å². The summed E-state index contributed by atoms with van der Waals surface area (Å²) in [5.41, 5.74) is 0.735. The Balaban J connectivity index is 1.82. The smallest absolute Gasteiger partial charge is 0.250 e. The second-order valence-electron chi connectivity index (χ2n) is 4.69. The number of nitrogens with zero attached hydrogens (tertiary/aromatic N) is 1. The van der Waals surface area contributed by atoms with Crippen LogP contribution < -0.4 is 5.32 Å². The summed E-state index contributed by atoms with van der Waals surface area (Å²) in [7, 11) is 0. The number of likely N-dealkylation sites (tertiary alicyclic amines) is 1. The Morgan fingerprint density at radius 1 is 1.37 bits per heavy atom. The lowest BCUT2D eigenvalue weighted by molar-refractivity contribution is -0.119. The Kier molecular flexibility index (Phi) is 4.72. The molecule has 1 aliphatic rings. The van der Waals surface area contributed by atoms with E-state index >= 15 is 0 Å². The molecule has 1 saturated heterocycles. The fourth-order valence-corrected chi connectivity index (χ4v) is 2.55. The molecule has 0 aromatic heterocycles. The van der Waals surface area contributed by atoms with Crippen LogP contribution in [0.5, 0.6) is 0 Å². The quantitative estimate of drug-likeness (QED) is 0.818. The second-order valence-corrected chi connectivity index (χ2v) is 5.94. The minimum absolute atomic E-state index is 0.160. The largest absolute Gasteiger partial charge is 0.325 e. The number of hydrogen-bond donors (Lipinski definition) is 1. The molecule has 0 aliphatic carbocycles. The number of piperidine rings is 1. The number of rotatable bonds is 3. The molecule has 1 heterocycles. The van der Waals surface area contributed by atoms with Crippen LogP contribution in [0, 0.1) is 3.57 Å². The van der Waals surface area contributed by atoms with Gasteiger partial charge in [-0.05, 0) is 40.8 Å². The lowest BCUT2D eigenvalue weighted by Gasteiger charge is -2.31. The van der Waals surface area contributed by atoms with E-state index in [1.165, 1.54) is 0 Å². The van der Waals surface area contributed by atoms with Gasteiger partial charge in [0.05, 0.1) is 6.54 Å². The Bertz CT molecular complexity index is 458. The summed E-state index contributed by atoms with van der Waals surface area (Å²) < 4.78 is 27.0. The summed E-state index contributed by atoms with van der Waals surface area (Å²) in [6, 6.07) is 7.47. The molecule has 1 N–H and O–H groups in total. The van der Waals surface area contributed by atoms with Crippen molar-refractivity contribution in [3.05, 3.63) is 27.8 Å². The number of hydrogen-bond acceptors (Lipinski definition) is 2. The van der Waals surface area contributed by atoms with Gasteiger partial charge in [0.25, 0.3) is 5.92 Å². The van der Waals surface area contributed by atoms with Gasteiger partial charge in [0, 0.05) is 35.2 Å². The zero-order valence-electron chi connectivity index (χ0n) is 10.3. The van der Waals surface area contributed by atoms with E-state index in [0.29, 0.717) is 0 Å². The molecule has 104 valence electrons. The van der Waals surface area contributed by atoms with Crippen molar-refractivity contribution in [3.8, 4) is 0 Å². The number of alkyl halides is 2. The van der Waals surface area contributed by atoms with Gasteiger partial charge in [0.1, 0.15) is 0 Å². The van der Waals surface area contributed by atoms with Gasteiger partial charge in [-0.3, -0.25) is 9.69 Å². The molecular weight excluding hydrogens is 365 g/mol. The van der Waals surface area contributed by atoms with Gasteiger partial charge in [-0.2, -0.15) is 0 Å². The van der Waals surface area contributed by atoms with E-state index in [4.69, 9.17) is 0 Å². The van der Waals surface area contributed by atoms with Gasteiger partial charge < -0.3 is 5.32 Å². The van der Waals surface area contributed by atoms with E-state index < -0.39 is 5.92 Å². The topological polar surface area (TPSA) is 32.3 Å². The van der Waals surface area contributed by atoms with Crippen LogP contribution >= 0.6 is 22.6 Å². The van der Waals surface area contributed by atoms with E-state index in [1.807, 2.05) is 24.3 Å². The lowest BCUT2D eigenvalue weighted by Crippen LogP contribution is -2.42. The minimum atomic E-state index is -2.57. The molecule has 2 rings (SSSR count). The maximum absolute atomic E-state index is 13.0. The first kappa shape index (κ1) is 14.6. The fraction of sp³-hybridized carbons (Fsp3) is 0.462. The van der Waals surface area contributed by atoms with Gasteiger partial charge in [-0.15, -0.1) is 0 Å². The van der Waals surface area contributed by atoms with Gasteiger partial charge >= 0.3 is 0 Å². The van der Waals surface area contributed by atoms with Crippen molar-refractivity contribution in [3.63, 3.8) is 0 Å². The molecule has 0 unspecified atom stereocenters. The fourth-order valence-electron chi connectivity index (χ4n) is 2.01. The third kappa shape index (κ3) is 4.68. The van der Waals surface area contributed by atoms with E-state index in [0.717, 1.165) is 9.26 Å². The average Bonchev–Trinajstić information content (AvgIpc) is 2.32. The Morgan fingerprint density at radius 3 is 2.68 bits per heavy atom. The minimum Gasteiger partial charge on any atom is -0.325 e.